The van der Waals surface area contributed by atoms with Crippen LogP contribution in [0.25, 0.3) is 0 Å². The summed E-state index contributed by atoms with van der Waals surface area (Å²) in [4.78, 5) is 26.2. The highest BCUT2D eigenvalue weighted by molar-refractivity contribution is 6.35. The number of nitrogens with zero attached hydrogens (tertiary/aromatic N) is 5. The number of anilines is 1. The molecular weight excluding hydrogens is 567 g/mol. The number of piperazine rings is 1. The number of rotatable bonds is 7. The van der Waals surface area contributed by atoms with Gasteiger partial charge in [0.05, 0.1) is 30.8 Å². The maximum Gasteiger partial charge on any atom is 0.219 e. The normalized spacial score (nSPS) is 20.4. The Morgan fingerprint density at radius 1 is 1.10 bits per heavy atom. The lowest BCUT2D eigenvalue weighted by atomic mass is 10.1. The zero-order valence-electron chi connectivity index (χ0n) is 22.7. The van der Waals surface area contributed by atoms with Crippen molar-refractivity contribution < 1.29 is 19.0 Å². The molecule has 0 spiro atoms. The van der Waals surface area contributed by atoms with Crippen molar-refractivity contribution >= 4 is 34.8 Å². The maximum absolute atomic E-state index is 11.6. The summed E-state index contributed by atoms with van der Waals surface area (Å²) >= 11 is 12.7. The third-order valence-electron chi connectivity index (χ3n) is 6.92. The summed E-state index contributed by atoms with van der Waals surface area (Å²) in [6.45, 7) is 5.80. The number of carbonyl (C=O) groups is 1. The number of aromatic amines is 1. The number of hydrogen-bond donors (Lipinski definition) is 1. The molecule has 0 bridgehead atoms. The Labute approximate surface area is 248 Å². The summed E-state index contributed by atoms with van der Waals surface area (Å²) in [6, 6.07) is 13.3. The fourth-order valence-electron chi connectivity index (χ4n) is 4.81. The zero-order chi connectivity index (χ0) is 28.7. The van der Waals surface area contributed by atoms with E-state index < -0.39 is 5.79 Å². The van der Waals surface area contributed by atoms with Crippen molar-refractivity contribution in [2.45, 2.75) is 25.4 Å². The standard InChI is InChI=1S/C26H28Cl2N4O4.C3H4N2/c1-19(33)31-10-12-32(13-11-31)21-3-5-22(6-4-21)34-15-23-16-35-26(36-23,17-30-9-8-29-18-30)24-7-2-20(27)14-25(24)28;1-2-5-3-4-1/h2-9,14,18,23H,10-13,15-17H2,1H3;1-3H,(H,4,5)/t23-,26-;/m0./s1. The average Bonchev–Trinajstić information content (AvgIpc) is 3.78. The van der Waals surface area contributed by atoms with E-state index in [1.54, 1.807) is 50.3 Å². The minimum atomic E-state index is -1.08. The van der Waals surface area contributed by atoms with E-state index in [9.17, 15) is 4.79 Å². The van der Waals surface area contributed by atoms with Crippen LogP contribution in [-0.4, -0.2) is 75.8 Å². The van der Waals surface area contributed by atoms with E-state index >= 15 is 0 Å². The molecule has 0 aliphatic carbocycles. The Kier molecular flexibility index (Phi) is 9.45. The van der Waals surface area contributed by atoms with E-state index in [4.69, 9.17) is 37.4 Å². The number of hydrogen-bond acceptors (Lipinski definition) is 7. The van der Waals surface area contributed by atoms with Gasteiger partial charge in [0.15, 0.2) is 0 Å². The van der Waals surface area contributed by atoms with Gasteiger partial charge in [-0.15, -0.1) is 0 Å². The second-order valence-corrected chi connectivity index (χ2v) is 10.6. The quantitative estimate of drug-likeness (QED) is 0.331. The molecule has 2 aromatic carbocycles. The maximum atomic E-state index is 11.6. The van der Waals surface area contributed by atoms with Gasteiger partial charge in [0.1, 0.15) is 18.5 Å². The third-order valence-corrected chi connectivity index (χ3v) is 7.47. The summed E-state index contributed by atoms with van der Waals surface area (Å²) in [5.41, 5.74) is 1.82. The average molecular weight is 600 g/mol. The fourth-order valence-corrected chi connectivity index (χ4v) is 5.36. The van der Waals surface area contributed by atoms with Crippen LogP contribution in [0.3, 0.4) is 0 Å². The number of benzene rings is 2. The molecule has 0 unspecified atom stereocenters. The highest BCUT2D eigenvalue weighted by Crippen LogP contribution is 2.40. The van der Waals surface area contributed by atoms with Crippen molar-refractivity contribution in [3.63, 3.8) is 0 Å². The van der Waals surface area contributed by atoms with Gasteiger partial charge < -0.3 is 33.6 Å². The van der Waals surface area contributed by atoms with Crippen LogP contribution in [-0.2, 0) is 26.6 Å². The van der Waals surface area contributed by atoms with Crippen molar-refractivity contribution in [3.8, 4) is 5.75 Å². The molecular formula is C29H32Cl2N6O4. The van der Waals surface area contributed by atoms with Crippen molar-refractivity contribution in [2.75, 3.05) is 44.3 Å². The Morgan fingerprint density at radius 3 is 2.51 bits per heavy atom. The van der Waals surface area contributed by atoms with Gasteiger partial charge in [-0.2, -0.15) is 0 Å². The van der Waals surface area contributed by atoms with Crippen LogP contribution >= 0.6 is 23.2 Å². The summed E-state index contributed by atoms with van der Waals surface area (Å²) in [5, 5.41) is 1.02. The molecule has 2 saturated heterocycles. The topological polar surface area (TPSA) is 97.7 Å². The van der Waals surface area contributed by atoms with Crippen LogP contribution in [0.15, 0.2) is 79.9 Å². The Hall–Kier alpha value is -3.57. The number of carbonyl (C=O) groups excluding carboxylic acids is 1. The molecule has 6 rings (SSSR count). The molecule has 2 aliphatic heterocycles. The number of H-pyrrole nitrogens is 1. The van der Waals surface area contributed by atoms with Gasteiger partial charge >= 0.3 is 0 Å². The predicted molar refractivity (Wildman–Crippen MR) is 156 cm³/mol. The number of imidazole rings is 2. The zero-order valence-corrected chi connectivity index (χ0v) is 24.2. The van der Waals surface area contributed by atoms with Gasteiger partial charge in [-0.1, -0.05) is 29.3 Å². The van der Waals surface area contributed by atoms with Crippen molar-refractivity contribution in [1.82, 2.24) is 24.4 Å². The first-order valence-electron chi connectivity index (χ1n) is 13.3. The first kappa shape index (κ1) is 28.9. The molecule has 1 amide bonds. The largest absolute Gasteiger partial charge is 0.491 e. The molecule has 4 heterocycles. The molecule has 2 atom stereocenters. The minimum absolute atomic E-state index is 0.129. The molecule has 4 aromatic rings. The van der Waals surface area contributed by atoms with Gasteiger partial charge in [-0.05, 0) is 36.4 Å². The van der Waals surface area contributed by atoms with Crippen LogP contribution in [0, 0.1) is 0 Å². The predicted octanol–water partition coefficient (Wildman–Crippen LogP) is 4.62. The van der Waals surface area contributed by atoms with Crippen molar-refractivity contribution in [3.05, 3.63) is 95.5 Å². The summed E-state index contributed by atoms with van der Waals surface area (Å²) in [7, 11) is 0. The van der Waals surface area contributed by atoms with E-state index in [0.717, 1.165) is 37.6 Å². The second-order valence-electron chi connectivity index (χ2n) is 9.72. The van der Waals surface area contributed by atoms with E-state index in [0.29, 0.717) is 35.4 Å². The van der Waals surface area contributed by atoms with Gasteiger partial charge in [0, 0.05) is 74.2 Å². The first-order valence-corrected chi connectivity index (χ1v) is 14.1. The van der Waals surface area contributed by atoms with Gasteiger partial charge in [0.25, 0.3) is 0 Å². The lowest BCUT2D eigenvalue weighted by Crippen LogP contribution is -2.48. The molecule has 2 aliphatic rings. The van der Waals surface area contributed by atoms with Crippen molar-refractivity contribution in [1.29, 1.82) is 0 Å². The molecule has 216 valence electrons. The minimum Gasteiger partial charge on any atom is -0.491 e. The van der Waals surface area contributed by atoms with E-state index in [1.165, 1.54) is 0 Å². The van der Waals surface area contributed by atoms with Crippen LogP contribution in [0.1, 0.15) is 12.5 Å². The number of nitrogens with one attached hydrogen (secondary N) is 1. The monoisotopic (exact) mass is 598 g/mol. The van der Waals surface area contributed by atoms with Crippen LogP contribution in [0.5, 0.6) is 5.75 Å². The second kappa shape index (κ2) is 13.4. The Morgan fingerprint density at radius 2 is 1.90 bits per heavy atom. The van der Waals surface area contributed by atoms with Gasteiger partial charge in [0.2, 0.25) is 11.7 Å². The lowest BCUT2D eigenvalue weighted by Gasteiger charge is -2.35. The summed E-state index contributed by atoms with van der Waals surface area (Å²) in [5.74, 6) is -0.201. The number of aromatic nitrogens is 4. The molecule has 12 heteroatoms. The lowest BCUT2D eigenvalue weighted by molar-refractivity contribution is -0.189. The van der Waals surface area contributed by atoms with Crippen molar-refractivity contribution in [2.24, 2.45) is 0 Å². The smallest absolute Gasteiger partial charge is 0.219 e. The first-order chi connectivity index (χ1) is 19.9. The summed E-state index contributed by atoms with van der Waals surface area (Å²) in [6.07, 6.45) is 10.1. The molecule has 41 heavy (non-hydrogen) atoms. The Balaban J connectivity index is 0.000000610. The van der Waals surface area contributed by atoms with E-state index in [2.05, 4.69) is 19.9 Å². The molecule has 1 N–H and O–H groups in total. The number of ether oxygens (including phenoxy) is 3. The fraction of sp³-hybridized carbons (Fsp3) is 0.345. The molecule has 2 fully saturated rings. The number of halogens is 2. The third kappa shape index (κ3) is 7.39. The van der Waals surface area contributed by atoms with Crippen LogP contribution in [0.4, 0.5) is 5.69 Å². The molecule has 0 saturated carbocycles. The summed E-state index contributed by atoms with van der Waals surface area (Å²) < 4.78 is 20.6. The molecule has 0 radical (unpaired) electrons. The Bertz CT molecular complexity index is 1360. The van der Waals surface area contributed by atoms with Gasteiger partial charge in [-0.3, -0.25) is 4.79 Å². The molecule has 10 nitrogen and oxygen atoms in total. The van der Waals surface area contributed by atoms with Crippen LogP contribution in [0.2, 0.25) is 10.0 Å². The van der Waals surface area contributed by atoms with E-state index in [-0.39, 0.29) is 12.0 Å². The highest BCUT2D eigenvalue weighted by Gasteiger charge is 2.45. The van der Waals surface area contributed by atoms with E-state index in [1.807, 2.05) is 46.0 Å². The van der Waals surface area contributed by atoms with Gasteiger partial charge in [-0.25, -0.2) is 9.97 Å². The van der Waals surface area contributed by atoms with Crippen LogP contribution < -0.4 is 9.64 Å². The SMILES string of the molecule is CC(=O)N1CCN(c2ccc(OC[C@H]3CO[C@](Cn4ccnc4)(c4ccc(Cl)cc4Cl)O3)cc2)CC1.c1c[nH]cn1. The molecule has 2 aromatic heterocycles. The highest BCUT2D eigenvalue weighted by atomic mass is 35.5. The number of amides is 1.